The molecule has 2 aromatic carbocycles. The summed E-state index contributed by atoms with van der Waals surface area (Å²) in [4.78, 5) is 26.6. The zero-order chi connectivity index (χ0) is 21.0. The Balaban J connectivity index is 1.75. The lowest BCUT2D eigenvalue weighted by atomic mass is 10.2. The molecule has 1 heterocycles. The van der Waals surface area contributed by atoms with E-state index in [9.17, 15) is 9.59 Å². The predicted octanol–water partition coefficient (Wildman–Crippen LogP) is 3.65. The van der Waals surface area contributed by atoms with E-state index < -0.39 is 11.3 Å². The number of para-hydroxylation sites is 1. The van der Waals surface area contributed by atoms with Crippen molar-refractivity contribution in [1.29, 1.82) is 0 Å². The summed E-state index contributed by atoms with van der Waals surface area (Å²) in [7, 11) is 1.62. The number of nitrogens with zero attached hydrogens (tertiary/aromatic N) is 3. The number of hydrogen-bond acceptors (Lipinski definition) is 4. The van der Waals surface area contributed by atoms with Gasteiger partial charge in [0.25, 0.3) is 5.91 Å². The number of rotatable bonds is 6. The first-order valence-corrected chi connectivity index (χ1v) is 9.55. The minimum absolute atomic E-state index is 0.135. The number of carbonyl (C=O) groups excluding carboxylic acids is 1. The van der Waals surface area contributed by atoms with Gasteiger partial charge in [-0.2, -0.15) is 5.10 Å². The topological polar surface area (TPSA) is 64.4 Å². The first-order chi connectivity index (χ1) is 13.9. The Morgan fingerprint density at radius 2 is 1.83 bits per heavy atom. The molecule has 0 unspecified atom stereocenters. The van der Waals surface area contributed by atoms with Crippen LogP contribution in [0.4, 0.5) is 0 Å². The Morgan fingerprint density at radius 3 is 2.52 bits per heavy atom. The number of aryl methyl sites for hydroxylation is 2. The highest BCUT2D eigenvalue weighted by Crippen LogP contribution is 2.16. The van der Waals surface area contributed by atoms with Crippen molar-refractivity contribution >= 4 is 17.5 Å². The highest BCUT2D eigenvalue weighted by Gasteiger charge is 2.19. The van der Waals surface area contributed by atoms with Gasteiger partial charge in [-0.05, 0) is 49.7 Å². The SMILES string of the molecule is Cc1ccccc1OCCN(C)C(=O)c1nn(-c2ccc(Cl)cc2)c(C)cc1=O. The first kappa shape index (κ1) is 20.6. The highest BCUT2D eigenvalue weighted by atomic mass is 35.5. The van der Waals surface area contributed by atoms with E-state index in [-0.39, 0.29) is 5.69 Å². The van der Waals surface area contributed by atoms with E-state index >= 15 is 0 Å². The molecule has 0 bridgehead atoms. The van der Waals surface area contributed by atoms with Gasteiger partial charge in [0.05, 0.1) is 12.2 Å². The van der Waals surface area contributed by atoms with Crippen LogP contribution < -0.4 is 10.2 Å². The minimum Gasteiger partial charge on any atom is -0.491 e. The van der Waals surface area contributed by atoms with E-state index in [1.165, 1.54) is 11.0 Å². The Labute approximate surface area is 174 Å². The van der Waals surface area contributed by atoms with Crippen molar-refractivity contribution in [2.24, 2.45) is 0 Å². The van der Waals surface area contributed by atoms with Crippen LogP contribution in [0.25, 0.3) is 5.69 Å². The van der Waals surface area contributed by atoms with Crippen LogP contribution in [-0.2, 0) is 0 Å². The van der Waals surface area contributed by atoms with E-state index in [2.05, 4.69) is 5.10 Å². The van der Waals surface area contributed by atoms with E-state index in [1.807, 2.05) is 31.2 Å². The molecular formula is C22H22ClN3O3. The molecule has 1 aromatic heterocycles. The fourth-order valence-electron chi connectivity index (χ4n) is 2.83. The second-order valence-electron chi connectivity index (χ2n) is 6.73. The number of halogens is 1. The quantitative estimate of drug-likeness (QED) is 0.621. The lowest BCUT2D eigenvalue weighted by molar-refractivity contribution is 0.0764. The van der Waals surface area contributed by atoms with Crippen LogP contribution >= 0.6 is 11.6 Å². The van der Waals surface area contributed by atoms with E-state index in [0.717, 1.165) is 11.3 Å². The average Bonchev–Trinajstić information content (AvgIpc) is 2.70. The molecule has 0 aliphatic rings. The molecule has 3 aromatic rings. The maximum atomic E-state index is 12.8. The molecule has 29 heavy (non-hydrogen) atoms. The molecule has 0 radical (unpaired) electrons. The van der Waals surface area contributed by atoms with Crippen LogP contribution in [-0.4, -0.2) is 40.8 Å². The fraction of sp³-hybridized carbons (Fsp3) is 0.227. The summed E-state index contributed by atoms with van der Waals surface area (Å²) in [5.74, 6) is 0.318. The van der Waals surface area contributed by atoms with Crippen LogP contribution in [0, 0.1) is 13.8 Å². The largest absolute Gasteiger partial charge is 0.491 e. The van der Waals surface area contributed by atoms with Gasteiger partial charge in [0.1, 0.15) is 12.4 Å². The monoisotopic (exact) mass is 411 g/mol. The van der Waals surface area contributed by atoms with Crippen LogP contribution in [0.15, 0.2) is 59.4 Å². The predicted molar refractivity (Wildman–Crippen MR) is 113 cm³/mol. The molecule has 0 spiro atoms. The van der Waals surface area contributed by atoms with Gasteiger partial charge >= 0.3 is 0 Å². The van der Waals surface area contributed by atoms with Crippen LogP contribution in [0.1, 0.15) is 21.7 Å². The molecule has 0 N–H and O–H groups in total. The summed E-state index contributed by atoms with van der Waals surface area (Å²) < 4.78 is 7.30. The van der Waals surface area contributed by atoms with Crippen molar-refractivity contribution in [3.8, 4) is 11.4 Å². The molecular weight excluding hydrogens is 390 g/mol. The minimum atomic E-state index is -0.453. The molecule has 0 saturated carbocycles. The van der Waals surface area contributed by atoms with Crippen LogP contribution in [0.3, 0.4) is 0 Å². The van der Waals surface area contributed by atoms with Gasteiger partial charge in [0, 0.05) is 23.8 Å². The van der Waals surface area contributed by atoms with Gasteiger partial charge in [-0.15, -0.1) is 0 Å². The lowest BCUT2D eigenvalue weighted by Crippen LogP contribution is -2.36. The number of ether oxygens (including phenoxy) is 1. The third kappa shape index (κ3) is 4.84. The molecule has 3 rings (SSSR count). The molecule has 1 amide bonds. The fourth-order valence-corrected chi connectivity index (χ4v) is 2.96. The van der Waals surface area contributed by atoms with Crippen molar-refractivity contribution in [1.82, 2.24) is 14.7 Å². The Morgan fingerprint density at radius 1 is 1.14 bits per heavy atom. The van der Waals surface area contributed by atoms with Gasteiger partial charge in [0.15, 0.2) is 5.69 Å². The molecule has 7 heteroatoms. The van der Waals surface area contributed by atoms with Crippen molar-refractivity contribution in [3.05, 3.63) is 86.8 Å². The van der Waals surface area contributed by atoms with Crippen molar-refractivity contribution in [2.75, 3.05) is 20.2 Å². The molecule has 0 aliphatic carbocycles. The third-order valence-corrected chi connectivity index (χ3v) is 4.76. The van der Waals surface area contributed by atoms with E-state index in [4.69, 9.17) is 16.3 Å². The van der Waals surface area contributed by atoms with E-state index in [1.54, 1.807) is 42.9 Å². The summed E-state index contributed by atoms with van der Waals surface area (Å²) >= 11 is 5.94. The first-order valence-electron chi connectivity index (χ1n) is 9.17. The molecule has 6 nitrogen and oxygen atoms in total. The van der Waals surface area contributed by atoms with Gasteiger partial charge in [0.2, 0.25) is 5.43 Å². The lowest BCUT2D eigenvalue weighted by Gasteiger charge is -2.18. The van der Waals surface area contributed by atoms with E-state index in [0.29, 0.717) is 29.6 Å². The zero-order valence-corrected chi connectivity index (χ0v) is 17.3. The number of amides is 1. The number of hydrogen-bond donors (Lipinski definition) is 0. The Hall–Kier alpha value is -3.12. The maximum absolute atomic E-state index is 12.8. The second kappa shape index (κ2) is 8.92. The highest BCUT2D eigenvalue weighted by molar-refractivity contribution is 6.30. The molecule has 0 fully saturated rings. The Bertz CT molecular complexity index is 1080. The number of carbonyl (C=O) groups is 1. The smallest absolute Gasteiger partial charge is 0.278 e. The second-order valence-corrected chi connectivity index (χ2v) is 7.16. The number of aromatic nitrogens is 2. The zero-order valence-electron chi connectivity index (χ0n) is 16.6. The summed E-state index contributed by atoms with van der Waals surface area (Å²) in [6.45, 7) is 4.35. The van der Waals surface area contributed by atoms with Crippen molar-refractivity contribution in [2.45, 2.75) is 13.8 Å². The van der Waals surface area contributed by atoms with Crippen molar-refractivity contribution in [3.63, 3.8) is 0 Å². The molecule has 0 atom stereocenters. The third-order valence-electron chi connectivity index (χ3n) is 4.51. The van der Waals surface area contributed by atoms with Gasteiger partial charge in [-0.3, -0.25) is 9.59 Å². The molecule has 150 valence electrons. The molecule has 0 aliphatic heterocycles. The summed E-state index contributed by atoms with van der Waals surface area (Å²) in [5, 5.41) is 4.90. The summed E-state index contributed by atoms with van der Waals surface area (Å²) in [6, 6.07) is 16.1. The van der Waals surface area contributed by atoms with Crippen LogP contribution in [0.5, 0.6) is 5.75 Å². The van der Waals surface area contributed by atoms with Gasteiger partial charge in [-0.25, -0.2) is 4.68 Å². The standard InChI is InChI=1S/C22H22ClN3O3/c1-15-6-4-5-7-20(15)29-13-12-25(3)22(28)21-19(27)14-16(2)26(24-21)18-10-8-17(23)9-11-18/h4-11,14H,12-13H2,1-3H3. The van der Waals surface area contributed by atoms with Gasteiger partial charge in [-0.1, -0.05) is 29.8 Å². The number of benzene rings is 2. The number of likely N-dealkylation sites (N-methyl/N-ethyl adjacent to an activating group) is 1. The average molecular weight is 412 g/mol. The Kier molecular flexibility index (Phi) is 6.34. The maximum Gasteiger partial charge on any atom is 0.278 e. The molecule has 0 saturated heterocycles. The normalized spacial score (nSPS) is 10.6. The summed E-state index contributed by atoms with van der Waals surface area (Å²) in [5.41, 5.74) is 1.81. The van der Waals surface area contributed by atoms with Crippen molar-refractivity contribution < 1.29 is 9.53 Å². The van der Waals surface area contributed by atoms with Gasteiger partial charge < -0.3 is 9.64 Å². The summed E-state index contributed by atoms with van der Waals surface area (Å²) in [6.07, 6.45) is 0. The van der Waals surface area contributed by atoms with Crippen LogP contribution in [0.2, 0.25) is 5.02 Å².